The molecule has 0 unspecified atom stereocenters. The zero-order valence-electron chi connectivity index (χ0n) is 35.0. The number of azide groups is 1. The van der Waals surface area contributed by atoms with E-state index in [0.29, 0.717) is 12.2 Å². The van der Waals surface area contributed by atoms with Crippen LogP contribution in [0, 0.1) is 0 Å². The molecule has 328 valence electrons. The van der Waals surface area contributed by atoms with Gasteiger partial charge in [-0.1, -0.05) is 151 Å². The van der Waals surface area contributed by atoms with Crippen LogP contribution in [0.25, 0.3) is 21.2 Å². The molecule has 2 bridgehead atoms. The van der Waals surface area contributed by atoms with E-state index in [1.807, 2.05) is 115 Å². The van der Waals surface area contributed by atoms with Gasteiger partial charge in [0.15, 0.2) is 18.7 Å². The zero-order chi connectivity index (χ0) is 43.5. The van der Waals surface area contributed by atoms with Crippen molar-refractivity contribution in [2.24, 2.45) is 5.11 Å². The number of esters is 1. The molecular formula is C51H49N3O10. The molecule has 13 heteroatoms. The largest absolute Gasteiger partial charge is 0.450 e. The fourth-order valence-corrected chi connectivity index (χ4v) is 8.37. The van der Waals surface area contributed by atoms with Crippen LogP contribution in [0.2, 0.25) is 0 Å². The predicted molar refractivity (Wildman–Crippen MR) is 235 cm³/mol. The first-order chi connectivity index (χ1) is 31.6. The van der Waals surface area contributed by atoms with Gasteiger partial charge in [-0.2, -0.15) is 0 Å². The van der Waals surface area contributed by atoms with Crippen molar-refractivity contribution >= 4 is 16.7 Å². The van der Waals surface area contributed by atoms with Crippen molar-refractivity contribution < 1.29 is 47.4 Å². The third-order valence-corrected chi connectivity index (χ3v) is 11.6. The SMILES string of the molecule is [N-]=[N+]=N[C@H]1[C@@H](O[C@@H]2[C@@H](OCc3ccccc3)[C@@H](OC(=O)c3ccccc3)[C@@H]3OC[C@@H]2O3)O[C@H](COCc2ccccc2)[C@@H](OCc2ccc3ccccc3c2)[C@@H]1OCc1ccccc1. The number of fused-ring (bicyclic) bond motifs is 3. The van der Waals surface area contributed by atoms with Crippen molar-refractivity contribution in [2.75, 3.05) is 13.2 Å². The van der Waals surface area contributed by atoms with Gasteiger partial charge in [-0.05, 0) is 56.8 Å². The number of hydrogen-bond acceptors (Lipinski definition) is 11. The van der Waals surface area contributed by atoms with Gasteiger partial charge in [0.25, 0.3) is 0 Å². The number of nitrogens with zero attached hydrogens (tertiary/aromatic N) is 3. The van der Waals surface area contributed by atoms with Crippen LogP contribution in [-0.4, -0.2) is 80.5 Å². The predicted octanol–water partition coefficient (Wildman–Crippen LogP) is 8.88. The molecule has 0 aliphatic carbocycles. The Morgan fingerprint density at radius 1 is 0.594 bits per heavy atom. The number of hydrogen-bond donors (Lipinski definition) is 0. The van der Waals surface area contributed by atoms with Gasteiger partial charge < -0.3 is 42.6 Å². The molecule has 0 N–H and O–H groups in total. The van der Waals surface area contributed by atoms with E-state index in [0.717, 1.165) is 33.0 Å². The highest BCUT2D eigenvalue weighted by Crippen LogP contribution is 2.38. The van der Waals surface area contributed by atoms with Crippen molar-refractivity contribution in [3.8, 4) is 0 Å². The molecule has 3 aliphatic rings. The maximum atomic E-state index is 13.6. The van der Waals surface area contributed by atoms with E-state index in [9.17, 15) is 10.3 Å². The summed E-state index contributed by atoms with van der Waals surface area (Å²) in [6.07, 6.45) is -8.19. The molecule has 6 aromatic rings. The van der Waals surface area contributed by atoms with E-state index >= 15 is 0 Å². The van der Waals surface area contributed by atoms with Crippen LogP contribution in [-0.2, 0) is 69.1 Å². The number of benzene rings is 6. The molecule has 13 nitrogen and oxygen atoms in total. The Kier molecular flexibility index (Phi) is 14.3. The van der Waals surface area contributed by atoms with Gasteiger partial charge in [0.2, 0.25) is 0 Å². The number of rotatable bonds is 18. The molecular weight excluding hydrogens is 815 g/mol. The maximum Gasteiger partial charge on any atom is 0.338 e. The minimum absolute atomic E-state index is 0.0757. The molecule has 0 spiro atoms. The first kappa shape index (κ1) is 43.3. The number of carbonyl (C=O) groups excluding carboxylic acids is 1. The Labute approximate surface area is 371 Å². The highest BCUT2D eigenvalue weighted by molar-refractivity contribution is 5.89. The smallest absolute Gasteiger partial charge is 0.338 e. The second-order valence-corrected chi connectivity index (χ2v) is 15.9. The summed E-state index contributed by atoms with van der Waals surface area (Å²) in [4.78, 5) is 16.9. The fraction of sp³-hybridized carbons (Fsp3) is 0.314. The van der Waals surface area contributed by atoms with Crippen LogP contribution < -0.4 is 0 Å². The van der Waals surface area contributed by atoms with Gasteiger partial charge in [-0.25, -0.2) is 4.79 Å². The van der Waals surface area contributed by atoms with Crippen molar-refractivity contribution in [3.05, 3.63) is 202 Å². The summed E-state index contributed by atoms with van der Waals surface area (Å²) in [5.74, 6) is -0.576. The molecule has 10 atom stereocenters. The Bertz CT molecular complexity index is 2460. The van der Waals surface area contributed by atoms with E-state index in [1.54, 1.807) is 24.3 Å². The summed E-state index contributed by atoms with van der Waals surface area (Å²) in [6.45, 7) is 1.04. The van der Waals surface area contributed by atoms with E-state index in [-0.39, 0.29) is 33.0 Å². The molecule has 0 aromatic heterocycles. The molecule has 0 amide bonds. The lowest BCUT2D eigenvalue weighted by Gasteiger charge is -2.47. The normalized spacial score (nSPS) is 26.2. The third kappa shape index (κ3) is 10.5. The molecule has 6 aromatic carbocycles. The molecule has 3 fully saturated rings. The van der Waals surface area contributed by atoms with Crippen molar-refractivity contribution in [1.29, 1.82) is 0 Å². The van der Waals surface area contributed by atoms with Gasteiger partial charge in [-0.3, -0.25) is 0 Å². The van der Waals surface area contributed by atoms with Gasteiger partial charge in [0.1, 0.15) is 42.7 Å². The van der Waals surface area contributed by atoms with Crippen molar-refractivity contribution in [3.63, 3.8) is 0 Å². The zero-order valence-corrected chi connectivity index (χ0v) is 35.0. The van der Waals surface area contributed by atoms with Crippen LogP contribution >= 0.6 is 0 Å². The van der Waals surface area contributed by atoms with Gasteiger partial charge in [-0.15, -0.1) is 0 Å². The summed E-state index contributed by atoms with van der Waals surface area (Å²) in [7, 11) is 0. The minimum Gasteiger partial charge on any atom is -0.450 e. The van der Waals surface area contributed by atoms with Gasteiger partial charge >= 0.3 is 5.97 Å². The monoisotopic (exact) mass is 863 g/mol. The average Bonchev–Trinajstić information content (AvgIpc) is 3.79. The molecule has 3 saturated heterocycles. The lowest BCUT2D eigenvalue weighted by molar-refractivity contribution is -0.328. The minimum atomic E-state index is -1.23. The highest BCUT2D eigenvalue weighted by Gasteiger charge is 2.57. The van der Waals surface area contributed by atoms with Crippen LogP contribution in [0.3, 0.4) is 0 Å². The molecule has 9 rings (SSSR count). The summed E-state index contributed by atoms with van der Waals surface area (Å²) in [6, 6.07) is 51.1. The Hall–Kier alpha value is -5.96. The van der Waals surface area contributed by atoms with E-state index in [1.165, 1.54) is 0 Å². The highest BCUT2D eigenvalue weighted by atomic mass is 16.8. The molecule has 3 aliphatic heterocycles. The number of ether oxygens (including phenoxy) is 9. The van der Waals surface area contributed by atoms with E-state index in [2.05, 4.69) is 34.3 Å². The van der Waals surface area contributed by atoms with Crippen LogP contribution in [0.1, 0.15) is 32.6 Å². The first-order valence-corrected chi connectivity index (χ1v) is 21.5. The third-order valence-electron chi connectivity index (χ3n) is 11.6. The summed E-state index contributed by atoms with van der Waals surface area (Å²) < 4.78 is 59.1. The first-order valence-electron chi connectivity index (χ1n) is 21.5. The Morgan fingerprint density at radius 3 is 1.84 bits per heavy atom. The van der Waals surface area contributed by atoms with Crippen molar-refractivity contribution in [1.82, 2.24) is 0 Å². The summed E-state index contributed by atoms with van der Waals surface area (Å²) in [5.41, 5.74) is 14.3. The lowest BCUT2D eigenvalue weighted by Crippen LogP contribution is -2.64. The van der Waals surface area contributed by atoms with E-state index < -0.39 is 67.3 Å². The molecule has 3 heterocycles. The van der Waals surface area contributed by atoms with Crippen LogP contribution in [0.4, 0.5) is 0 Å². The number of carbonyl (C=O) groups is 1. The quantitative estimate of drug-likeness (QED) is 0.0355. The average molecular weight is 864 g/mol. The Balaban J connectivity index is 1.05. The Morgan fingerprint density at radius 2 is 1.17 bits per heavy atom. The van der Waals surface area contributed by atoms with Gasteiger partial charge in [0.05, 0.1) is 45.2 Å². The van der Waals surface area contributed by atoms with Crippen LogP contribution in [0.5, 0.6) is 0 Å². The standard InChI is InChI=1S/C51H49N3O10/c52-54-53-43-46(58-29-35-17-7-2-8-18-35)44(57-31-37-25-26-38-21-13-14-24-40(38)27-37)41(32-56-28-34-15-5-1-6-16-34)61-50(43)64-45-42-33-60-51(62-42)48(63-49(55)39-22-11-4-12-23-39)47(45)59-30-36-19-9-3-10-20-36/h1-27,41-48,50-51H,28-33H2/t41-,42+,43-,44-,45+,46-,47-,48-,50-,51-/m1/s1. The molecule has 64 heavy (non-hydrogen) atoms. The molecule has 0 radical (unpaired) electrons. The van der Waals surface area contributed by atoms with E-state index in [4.69, 9.17) is 42.6 Å². The van der Waals surface area contributed by atoms with Gasteiger partial charge in [0, 0.05) is 4.91 Å². The van der Waals surface area contributed by atoms with Crippen molar-refractivity contribution in [2.45, 2.75) is 87.8 Å². The second-order valence-electron chi connectivity index (χ2n) is 15.9. The fourth-order valence-electron chi connectivity index (χ4n) is 8.37. The van der Waals surface area contributed by atoms with Crippen LogP contribution in [0.15, 0.2) is 169 Å². The second kappa shape index (κ2) is 21.1. The topological polar surface area (TPSA) is 149 Å². The summed E-state index contributed by atoms with van der Waals surface area (Å²) >= 11 is 0. The lowest BCUT2D eigenvalue weighted by atomic mass is 9.95. The maximum absolute atomic E-state index is 13.6. The summed E-state index contributed by atoms with van der Waals surface area (Å²) in [5, 5.41) is 6.49. The molecule has 0 saturated carbocycles.